The van der Waals surface area contributed by atoms with Crippen molar-refractivity contribution < 1.29 is 9.90 Å². The Morgan fingerprint density at radius 3 is 1.62 bits per heavy atom. The number of rotatable bonds is 19. The van der Waals surface area contributed by atoms with Gasteiger partial charge in [0.05, 0.1) is 5.69 Å². The molecule has 0 amide bonds. The average molecular weight is 972 g/mol. The summed E-state index contributed by atoms with van der Waals surface area (Å²) in [6.45, 7) is 15.7. The van der Waals surface area contributed by atoms with E-state index in [1.807, 2.05) is 0 Å². The van der Waals surface area contributed by atoms with Crippen LogP contribution in [0.15, 0.2) is 127 Å². The average Bonchev–Trinajstić information content (AvgIpc) is 4.21. The summed E-state index contributed by atoms with van der Waals surface area (Å²) in [5.74, 6) is -0.663. The van der Waals surface area contributed by atoms with Crippen LogP contribution in [0.5, 0.6) is 0 Å². The molecule has 5 aromatic carbocycles. The summed E-state index contributed by atoms with van der Waals surface area (Å²) in [6, 6.07) is 46.8. The van der Waals surface area contributed by atoms with Crippen molar-refractivity contribution in [3.05, 3.63) is 171 Å². The van der Waals surface area contributed by atoms with Gasteiger partial charge >= 0.3 is 5.97 Å². The number of unbranched alkanes of at least 4 members (excludes halogenated alkanes) is 4. The maximum atomic E-state index is 11.3. The molecule has 368 valence electrons. The summed E-state index contributed by atoms with van der Waals surface area (Å²) in [5.41, 5.74) is 17.3. The number of anilines is 3. The van der Waals surface area contributed by atoms with Gasteiger partial charge in [0.15, 0.2) is 11.5 Å². The van der Waals surface area contributed by atoms with Crippen molar-refractivity contribution in [3.63, 3.8) is 0 Å². The summed E-state index contributed by atoms with van der Waals surface area (Å²) in [7, 11) is 0. The molecule has 8 heteroatoms. The predicted octanol–water partition coefficient (Wildman–Crippen LogP) is 16.6. The highest BCUT2D eigenvalue weighted by Gasteiger charge is 2.44. The van der Waals surface area contributed by atoms with Gasteiger partial charge in [-0.3, -0.25) is 0 Å². The molecule has 0 radical (unpaired) electrons. The van der Waals surface area contributed by atoms with Gasteiger partial charge in [0.25, 0.3) is 0 Å². The van der Waals surface area contributed by atoms with Crippen molar-refractivity contribution in [2.45, 2.75) is 142 Å². The highest BCUT2D eigenvalue weighted by Crippen LogP contribution is 2.58. The number of fused-ring (bicyclic) bond motifs is 7. The fraction of sp³-hybridized carbons (Fsp3) is 0.344. The Morgan fingerprint density at radius 2 is 1.12 bits per heavy atom. The number of benzene rings is 5. The van der Waals surface area contributed by atoms with Crippen LogP contribution in [0, 0.1) is 0 Å². The lowest BCUT2D eigenvalue weighted by molar-refractivity contribution is -0.131. The largest absolute Gasteiger partial charge is 0.478 e. The Labute approximate surface area is 430 Å². The van der Waals surface area contributed by atoms with Gasteiger partial charge in [-0.1, -0.05) is 173 Å². The fourth-order valence-electron chi connectivity index (χ4n) is 12.1. The Hall–Kier alpha value is -6.64. The molecule has 0 bridgehead atoms. The minimum absolute atomic E-state index is 0.0297. The maximum Gasteiger partial charge on any atom is 0.328 e. The first kappa shape index (κ1) is 49.0. The molecule has 0 atom stereocenters. The second kappa shape index (κ2) is 20.1. The SMILES string of the molecule is CCCCC1(CCCC)c2ccccc2-c2ccc(N(c3ccc(-c4ccc(/C=c5/c(C(C)(C)C)nn6c(/C=C/C(=O)O)nnc56)s4)cc3)c3ccc4c(c3)C(CCCC)(CCCC)c3ccccc3-4)cc21. The number of thiophene rings is 1. The van der Waals surface area contributed by atoms with E-state index in [9.17, 15) is 9.90 Å². The minimum Gasteiger partial charge on any atom is -0.478 e. The number of nitrogens with zero attached hydrogens (tertiary/aromatic N) is 5. The summed E-state index contributed by atoms with van der Waals surface area (Å²) in [4.78, 5) is 16.1. The van der Waals surface area contributed by atoms with Crippen LogP contribution in [-0.4, -0.2) is 30.9 Å². The van der Waals surface area contributed by atoms with Crippen LogP contribution >= 0.6 is 11.3 Å². The van der Waals surface area contributed by atoms with Gasteiger partial charge in [0, 0.05) is 54.4 Å². The molecule has 0 saturated carbocycles. The molecule has 0 aliphatic heterocycles. The van der Waals surface area contributed by atoms with Crippen LogP contribution in [0.3, 0.4) is 0 Å². The van der Waals surface area contributed by atoms with Gasteiger partial charge in [-0.05, 0) is 136 Å². The summed E-state index contributed by atoms with van der Waals surface area (Å²) >= 11 is 1.73. The minimum atomic E-state index is -1.05. The quantitative estimate of drug-likeness (QED) is 0.0813. The van der Waals surface area contributed by atoms with Crippen LogP contribution in [0.2, 0.25) is 0 Å². The first-order valence-corrected chi connectivity index (χ1v) is 27.4. The van der Waals surface area contributed by atoms with Crippen molar-refractivity contribution in [2.75, 3.05) is 4.90 Å². The molecule has 0 unspecified atom stereocenters. The molecule has 3 aromatic heterocycles. The highest BCUT2D eigenvalue weighted by molar-refractivity contribution is 7.16. The van der Waals surface area contributed by atoms with E-state index < -0.39 is 5.97 Å². The smallest absolute Gasteiger partial charge is 0.328 e. The number of carboxylic acid groups (broad SMARTS) is 1. The lowest BCUT2D eigenvalue weighted by Gasteiger charge is -2.35. The number of aromatic nitrogens is 4. The summed E-state index contributed by atoms with van der Waals surface area (Å²) in [6.07, 6.45) is 18.7. The van der Waals surface area contributed by atoms with Crippen molar-refractivity contribution >= 4 is 52.2 Å². The summed E-state index contributed by atoms with van der Waals surface area (Å²) < 4.78 is 1.65. The molecule has 10 rings (SSSR count). The van der Waals surface area contributed by atoms with E-state index in [0.29, 0.717) is 11.5 Å². The van der Waals surface area contributed by atoms with Crippen LogP contribution in [0.4, 0.5) is 17.1 Å². The molecule has 0 fully saturated rings. The van der Waals surface area contributed by atoms with Crippen molar-refractivity contribution in [1.82, 2.24) is 19.8 Å². The first-order chi connectivity index (χ1) is 34.9. The van der Waals surface area contributed by atoms with E-state index in [1.165, 1.54) is 113 Å². The van der Waals surface area contributed by atoms with E-state index in [-0.39, 0.29) is 16.2 Å². The predicted molar refractivity (Wildman–Crippen MR) is 300 cm³/mol. The number of carbonyl (C=O) groups is 1. The van der Waals surface area contributed by atoms with E-state index in [2.05, 4.69) is 191 Å². The third kappa shape index (κ3) is 8.69. The van der Waals surface area contributed by atoms with E-state index in [4.69, 9.17) is 5.10 Å². The lowest BCUT2D eigenvalue weighted by Crippen LogP contribution is -2.26. The van der Waals surface area contributed by atoms with Gasteiger partial charge < -0.3 is 10.0 Å². The van der Waals surface area contributed by atoms with Gasteiger partial charge in [0.2, 0.25) is 0 Å². The molecular formula is C64H69N5O2S. The van der Waals surface area contributed by atoms with E-state index in [1.54, 1.807) is 15.9 Å². The Balaban J connectivity index is 1.10. The standard InChI is InChI=1S/C64H69N5O2S/c1-8-12-36-63(37-13-9-2)53-22-18-16-20-48(53)50-31-28-45(40-55(50)63)68(46-29-32-51-49-21-17-19-23-54(49)64(38-14-10-3,39-15-11-4)56(51)41-46)44-26-24-43(25-27-44)57-33-30-47(72-57)42-52-60(62(5,6)7)67-69-58(34-35-59(70)71)65-66-61(52)69/h16-35,40-42H,8-15,36-39H2,1-7H3,(H,70,71)/b35-34+,52-42-. The zero-order valence-electron chi connectivity index (χ0n) is 43.3. The molecule has 8 aromatic rings. The molecule has 2 aliphatic rings. The zero-order chi connectivity index (χ0) is 50.2. The number of hydrogen-bond donors (Lipinski definition) is 1. The Kier molecular flexibility index (Phi) is 13.7. The third-order valence-electron chi connectivity index (χ3n) is 15.6. The van der Waals surface area contributed by atoms with Gasteiger partial charge in [-0.25, -0.2) is 4.79 Å². The highest BCUT2D eigenvalue weighted by atomic mass is 32.1. The zero-order valence-corrected chi connectivity index (χ0v) is 44.1. The Morgan fingerprint density at radius 1 is 0.625 bits per heavy atom. The molecular weight excluding hydrogens is 903 g/mol. The third-order valence-corrected chi connectivity index (χ3v) is 16.7. The van der Waals surface area contributed by atoms with Crippen LogP contribution < -0.4 is 10.1 Å². The molecule has 72 heavy (non-hydrogen) atoms. The van der Waals surface area contributed by atoms with Gasteiger partial charge in [-0.15, -0.1) is 21.5 Å². The van der Waals surface area contributed by atoms with Crippen molar-refractivity contribution in [3.8, 4) is 32.7 Å². The Bertz CT molecular complexity index is 3220. The fourth-order valence-corrected chi connectivity index (χ4v) is 13.1. The molecule has 7 nitrogen and oxygen atoms in total. The molecule has 3 heterocycles. The maximum absolute atomic E-state index is 11.3. The molecule has 2 aliphatic carbocycles. The summed E-state index contributed by atoms with van der Waals surface area (Å²) in [5, 5.41) is 23.8. The van der Waals surface area contributed by atoms with Crippen LogP contribution in [0.1, 0.15) is 164 Å². The lowest BCUT2D eigenvalue weighted by atomic mass is 9.70. The number of aliphatic carboxylic acids is 1. The number of carboxylic acids is 1. The number of hydrogen-bond acceptors (Lipinski definition) is 6. The molecule has 1 N–H and O–H groups in total. The normalized spacial score (nSPS) is 14.5. The van der Waals surface area contributed by atoms with Crippen LogP contribution in [-0.2, 0) is 21.0 Å². The van der Waals surface area contributed by atoms with Gasteiger partial charge in [-0.2, -0.15) is 9.61 Å². The topological polar surface area (TPSA) is 83.6 Å². The first-order valence-electron chi connectivity index (χ1n) is 26.6. The van der Waals surface area contributed by atoms with Crippen molar-refractivity contribution in [2.24, 2.45) is 0 Å². The molecule has 0 spiro atoms. The van der Waals surface area contributed by atoms with Crippen molar-refractivity contribution in [1.29, 1.82) is 0 Å². The monoisotopic (exact) mass is 972 g/mol. The second-order valence-corrected chi connectivity index (χ2v) is 22.5. The molecule has 0 saturated heterocycles. The van der Waals surface area contributed by atoms with Crippen LogP contribution in [0.25, 0.3) is 50.5 Å². The van der Waals surface area contributed by atoms with E-state index in [0.717, 1.165) is 63.7 Å². The van der Waals surface area contributed by atoms with E-state index >= 15 is 0 Å². The second-order valence-electron chi connectivity index (χ2n) is 21.3. The van der Waals surface area contributed by atoms with Gasteiger partial charge in [0.1, 0.15) is 0 Å².